The Labute approximate surface area is 137 Å². The van der Waals surface area contributed by atoms with Crippen LogP contribution in [-0.2, 0) is 19.1 Å². The predicted molar refractivity (Wildman–Crippen MR) is 59.2 cm³/mol. The van der Waals surface area contributed by atoms with Crippen LogP contribution < -0.4 is 11.5 Å². The Kier molecular flexibility index (Phi) is 14.5. The zero-order valence-corrected chi connectivity index (χ0v) is 7.85. The van der Waals surface area contributed by atoms with Crippen molar-refractivity contribution in [3.05, 3.63) is 0 Å². The van der Waals surface area contributed by atoms with Crippen molar-refractivity contribution in [1.82, 2.24) is 0 Å². The zero-order chi connectivity index (χ0) is 11.3. The van der Waals surface area contributed by atoms with Gasteiger partial charge in [-0.3, -0.25) is 0 Å². The van der Waals surface area contributed by atoms with Crippen LogP contribution in [0, 0.1) is 0 Å². The van der Waals surface area contributed by atoms with Crippen molar-refractivity contribution in [2.75, 3.05) is 0 Å². The average molecular weight is 252 g/mol. The van der Waals surface area contributed by atoms with Gasteiger partial charge in [-0.05, 0) is 13.8 Å². The molecule has 0 amide bonds. The summed E-state index contributed by atoms with van der Waals surface area (Å²) in [7, 11) is 0. The molecule has 0 aliphatic heterocycles. The Hall–Kier alpha value is 0.530. The van der Waals surface area contributed by atoms with Gasteiger partial charge in [0.15, 0.2) is 0 Å². The standard InChI is InChI=1S/C7H12N2O5.2Na.2H/c1-3(8)5(10)13-7(12)14-6(11)4(2)9;;;;/h3-4H,8-9H2,1-2H3;;;;/t3-,4-;;;;/m0..../s1. The molecule has 0 aliphatic rings. The first kappa shape index (κ1) is 21.8. The first-order valence-electron chi connectivity index (χ1n) is 3.83. The van der Waals surface area contributed by atoms with E-state index in [4.69, 9.17) is 11.5 Å². The second-order valence-corrected chi connectivity index (χ2v) is 2.67. The number of hydrogen-bond donors (Lipinski definition) is 2. The van der Waals surface area contributed by atoms with Crippen LogP contribution >= 0.6 is 0 Å². The molecule has 0 aliphatic carbocycles. The molecule has 0 saturated heterocycles. The summed E-state index contributed by atoms with van der Waals surface area (Å²) >= 11 is 0. The minimum atomic E-state index is -1.42. The van der Waals surface area contributed by atoms with Gasteiger partial charge in [-0.2, -0.15) is 0 Å². The molecule has 7 nitrogen and oxygen atoms in total. The number of esters is 2. The van der Waals surface area contributed by atoms with Crippen molar-refractivity contribution in [3.63, 3.8) is 0 Å². The van der Waals surface area contributed by atoms with E-state index in [0.717, 1.165) is 0 Å². The first-order chi connectivity index (χ1) is 6.34. The molecule has 16 heavy (non-hydrogen) atoms. The molecular formula is C7H14N2Na2O5. The number of ether oxygens (including phenoxy) is 2. The van der Waals surface area contributed by atoms with Crippen molar-refractivity contribution in [3.8, 4) is 0 Å². The van der Waals surface area contributed by atoms with E-state index in [1.807, 2.05) is 0 Å². The molecule has 0 heterocycles. The molecule has 0 bridgehead atoms. The molecule has 0 spiro atoms. The molecule has 4 N–H and O–H groups in total. The summed E-state index contributed by atoms with van der Waals surface area (Å²) in [5.41, 5.74) is 10.2. The van der Waals surface area contributed by atoms with Crippen LogP contribution in [0.4, 0.5) is 4.79 Å². The molecule has 0 unspecified atom stereocenters. The number of carbonyl (C=O) groups excluding carboxylic acids is 3. The van der Waals surface area contributed by atoms with Gasteiger partial charge in [0.05, 0.1) is 0 Å². The van der Waals surface area contributed by atoms with Crippen LogP contribution in [0.5, 0.6) is 0 Å². The fraction of sp³-hybridized carbons (Fsp3) is 0.571. The Morgan fingerprint density at radius 3 is 1.31 bits per heavy atom. The molecule has 0 rings (SSSR count). The monoisotopic (exact) mass is 252 g/mol. The Balaban J connectivity index is -0.000000845. The SMILES string of the molecule is C[C@H](N)C(=O)OC(=O)OC(=O)[C@H](C)N.[NaH].[NaH]. The van der Waals surface area contributed by atoms with Crippen LogP contribution in [0.1, 0.15) is 13.8 Å². The summed E-state index contributed by atoms with van der Waals surface area (Å²) < 4.78 is 8.06. The number of nitrogens with two attached hydrogens (primary N) is 2. The maximum atomic E-state index is 10.7. The van der Waals surface area contributed by atoms with E-state index < -0.39 is 30.2 Å². The van der Waals surface area contributed by atoms with E-state index in [2.05, 4.69) is 9.47 Å². The summed E-state index contributed by atoms with van der Waals surface area (Å²) in [6.07, 6.45) is -1.42. The van der Waals surface area contributed by atoms with E-state index in [-0.39, 0.29) is 59.1 Å². The number of carbonyl (C=O) groups is 3. The van der Waals surface area contributed by atoms with Crippen LogP contribution in [0.3, 0.4) is 0 Å². The second-order valence-electron chi connectivity index (χ2n) is 2.67. The normalized spacial score (nSPS) is 12.2. The third-order valence-electron chi connectivity index (χ3n) is 1.11. The molecule has 0 radical (unpaired) electrons. The van der Waals surface area contributed by atoms with Crippen molar-refractivity contribution < 1.29 is 23.9 Å². The van der Waals surface area contributed by atoms with Crippen molar-refractivity contribution in [2.24, 2.45) is 11.5 Å². The van der Waals surface area contributed by atoms with E-state index in [9.17, 15) is 14.4 Å². The number of hydrogen-bond acceptors (Lipinski definition) is 7. The Bertz CT molecular complexity index is 233. The third kappa shape index (κ3) is 9.73. The fourth-order valence-electron chi connectivity index (χ4n) is 0.371. The van der Waals surface area contributed by atoms with Gasteiger partial charge in [-0.25, -0.2) is 14.4 Å². The molecule has 9 heteroatoms. The van der Waals surface area contributed by atoms with Crippen LogP contribution in [-0.4, -0.2) is 89.3 Å². The van der Waals surface area contributed by atoms with Crippen molar-refractivity contribution in [2.45, 2.75) is 25.9 Å². The molecule has 84 valence electrons. The summed E-state index contributed by atoms with van der Waals surface area (Å²) in [6.45, 7) is 2.64. The van der Waals surface area contributed by atoms with Gasteiger partial charge in [-0.1, -0.05) is 0 Å². The molecular weight excluding hydrogens is 238 g/mol. The first-order valence-corrected chi connectivity index (χ1v) is 3.83. The number of rotatable bonds is 2. The quantitative estimate of drug-likeness (QED) is 0.319. The molecule has 0 saturated carbocycles. The summed E-state index contributed by atoms with van der Waals surface area (Å²) in [5.74, 6) is -1.96. The Morgan fingerprint density at radius 2 is 1.12 bits per heavy atom. The molecule has 0 aromatic heterocycles. The summed E-state index contributed by atoms with van der Waals surface area (Å²) in [5, 5.41) is 0. The van der Waals surface area contributed by atoms with Crippen molar-refractivity contribution in [1.29, 1.82) is 0 Å². The van der Waals surface area contributed by atoms with Gasteiger partial charge >= 0.3 is 77.2 Å². The van der Waals surface area contributed by atoms with Gasteiger partial charge in [0.2, 0.25) is 0 Å². The van der Waals surface area contributed by atoms with Gasteiger partial charge in [0.1, 0.15) is 12.1 Å². The predicted octanol–water partition coefficient (Wildman–Crippen LogP) is -2.41. The van der Waals surface area contributed by atoms with Crippen molar-refractivity contribution >= 4 is 77.2 Å². The third-order valence-corrected chi connectivity index (χ3v) is 1.11. The fourth-order valence-corrected chi connectivity index (χ4v) is 0.371. The van der Waals surface area contributed by atoms with Crippen LogP contribution in [0.2, 0.25) is 0 Å². The Morgan fingerprint density at radius 1 is 0.875 bits per heavy atom. The van der Waals surface area contributed by atoms with Crippen LogP contribution in [0.25, 0.3) is 0 Å². The summed E-state index contributed by atoms with van der Waals surface area (Å²) in [4.78, 5) is 32.1. The van der Waals surface area contributed by atoms with E-state index in [0.29, 0.717) is 0 Å². The van der Waals surface area contributed by atoms with Gasteiger partial charge in [0.25, 0.3) is 0 Å². The van der Waals surface area contributed by atoms with Gasteiger partial charge in [-0.15, -0.1) is 0 Å². The van der Waals surface area contributed by atoms with Gasteiger partial charge in [0, 0.05) is 0 Å². The van der Waals surface area contributed by atoms with Gasteiger partial charge < -0.3 is 20.9 Å². The van der Waals surface area contributed by atoms with E-state index in [1.165, 1.54) is 13.8 Å². The minimum absolute atomic E-state index is 0. The maximum absolute atomic E-state index is 10.7. The summed E-state index contributed by atoms with van der Waals surface area (Å²) in [6, 6.07) is -1.93. The second kappa shape index (κ2) is 10.7. The average Bonchev–Trinajstić information content (AvgIpc) is 2.03. The molecule has 2 atom stereocenters. The van der Waals surface area contributed by atoms with E-state index >= 15 is 0 Å². The van der Waals surface area contributed by atoms with E-state index in [1.54, 1.807) is 0 Å². The topological polar surface area (TPSA) is 122 Å². The molecule has 0 fully saturated rings. The van der Waals surface area contributed by atoms with Crippen LogP contribution in [0.15, 0.2) is 0 Å². The molecule has 0 aromatic carbocycles. The zero-order valence-electron chi connectivity index (χ0n) is 7.85. The molecule has 0 aromatic rings.